The van der Waals surface area contributed by atoms with Crippen LogP contribution in [0.4, 0.5) is 10.2 Å². The highest BCUT2D eigenvalue weighted by Gasteiger charge is 2.09. The lowest BCUT2D eigenvalue weighted by molar-refractivity contribution is 0.624. The predicted molar refractivity (Wildman–Crippen MR) is 71.7 cm³/mol. The molecular formula is C13H13FN6. The maximum absolute atomic E-state index is 13.2. The monoisotopic (exact) mass is 272 g/mol. The molecule has 0 aliphatic carbocycles. The lowest BCUT2D eigenvalue weighted by Crippen LogP contribution is -2.24. The molecule has 3 aromatic rings. The number of fused-ring (bicyclic) bond motifs is 1. The van der Waals surface area contributed by atoms with Gasteiger partial charge in [-0.2, -0.15) is 0 Å². The van der Waals surface area contributed by atoms with Crippen LogP contribution in [-0.4, -0.2) is 31.8 Å². The number of anilines is 1. The molecule has 20 heavy (non-hydrogen) atoms. The van der Waals surface area contributed by atoms with Crippen molar-refractivity contribution >= 4 is 11.5 Å². The molecule has 3 rings (SSSR count). The van der Waals surface area contributed by atoms with Gasteiger partial charge in [0, 0.05) is 13.1 Å². The number of nitrogens with zero attached hydrogens (tertiary/aromatic N) is 6. The second-order valence-electron chi connectivity index (χ2n) is 4.36. The molecule has 0 aliphatic rings. The van der Waals surface area contributed by atoms with Crippen LogP contribution in [0.5, 0.6) is 0 Å². The topological polar surface area (TPSA) is 59.2 Å². The number of hydrogen-bond donors (Lipinski definition) is 0. The second kappa shape index (κ2) is 5.20. The summed E-state index contributed by atoms with van der Waals surface area (Å²) in [5.41, 5.74) is 1.49. The molecular weight excluding hydrogens is 259 g/mol. The van der Waals surface area contributed by atoms with Crippen LogP contribution in [0.15, 0.2) is 36.4 Å². The van der Waals surface area contributed by atoms with Crippen LogP contribution in [-0.2, 0) is 6.54 Å². The van der Waals surface area contributed by atoms with Crippen molar-refractivity contribution in [3.8, 4) is 0 Å². The molecule has 0 bridgehead atoms. The smallest absolute Gasteiger partial charge is 0.200 e. The zero-order valence-electron chi connectivity index (χ0n) is 10.9. The number of tetrazole rings is 1. The molecule has 7 heteroatoms. The van der Waals surface area contributed by atoms with Crippen molar-refractivity contribution < 1.29 is 4.39 Å². The van der Waals surface area contributed by atoms with E-state index >= 15 is 0 Å². The first kappa shape index (κ1) is 12.5. The van der Waals surface area contributed by atoms with Crippen molar-refractivity contribution in [2.45, 2.75) is 13.5 Å². The molecule has 0 N–H and O–H groups in total. The summed E-state index contributed by atoms with van der Waals surface area (Å²) < 4.78 is 14.6. The molecule has 0 spiro atoms. The Morgan fingerprint density at radius 1 is 1.25 bits per heavy atom. The fourth-order valence-electron chi connectivity index (χ4n) is 2.02. The number of aromatic nitrogens is 5. The molecule has 1 aromatic carbocycles. The molecule has 2 heterocycles. The predicted octanol–water partition coefficient (Wildman–Crippen LogP) is 1.68. The van der Waals surface area contributed by atoms with Crippen molar-refractivity contribution in [2.24, 2.45) is 0 Å². The van der Waals surface area contributed by atoms with Gasteiger partial charge in [0.1, 0.15) is 5.82 Å². The van der Waals surface area contributed by atoms with Gasteiger partial charge in [-0.05, 0) is 47.2 Å². The van der Waals surface area contributed by atoms with Gasteiger partial charge in [0.05, 0.1) is 0 Å². The van der Waals surface area contributed by atoms with Gasteiger partial charge in [-0.1, -0.05) is 12.1 Å². The van der Waals surface area contributed by atoms with E-state index in [4.69, 9.17) is 0 Å². The van der Waals surface area contributed by atoms with E-state index in [2.05, 4.69) is 20.6 Å². The van der Waals surface area contributed by atoms with E-state index in [1.807, 2.05) is 24.0 Å². The number of benzene rings is 1. The third-order valence-corrected chi connectivity index (χ3v) is 3.02. The van der Waals surface area contributed by atoms with Gasteiger partial charge in [-0.3, -0.25) is 0 Å². The fourth-order valence-corrected chi connectivity index (χ4v) is 2.02. The van der Waals surface area contributed by atoms with Crippen LogP contribution in [0.3, 0.4) is 0 Å². The molecule has 0 atom stereocenters. The Labute approximate surface area is 114 Å². The first-order valence-corrected chi connectivity index (χ1v) is 6.31. The highest BCUT2D eigenvalue weighted by Crippen LogP contribution is 2.15. The zero-order chi connectivity index (χ0) is 13.9. The summed E-state index contributed by atoms with van der Waals surface area (Å²) in [6.07, 6.45) is 0. The highest BCUT2D eigenvalue weighted by atomic mass is 19.1. The second-order valence-corrected chi connectivity index (χ2v) is 4.36. The molecule has 0 aliphatic heterocycles. The third kappa shape index (κ3) is 2.42. The van der Waals surface area contributed by atoms with Gasteiger partial charge in [-0.15, -0.1) is 14.8 Å². The van der Waals surface area contributed by atoms with Crippen LogP contribution < -0.4 is 4.90 Å². The number of rotatable bonds is 4. The summed E-state index contributed by atoms with van der Waals surface area (Å²) >= 11 is 0. The lowest BCUT2D eigenvalue weighted by Gasteiger charge is -2.21. The van der Waals surface area contributed by atoms with E-state index in [-0.39, 0.29) is 5.82 Å². The summed E-state index contributed by atoms with van der Waals surface area (Å²) in [7, 11) is 0. The molecule has 0 fully saturated rings. The van der Waals surface area contributed by atoms with Gasteiger partial charge in [0.25, 0.3) is 0 Å². The Hall–Kier alpha value is -2.57. The maximum Gasteiger partial charge on any atom is 0.200 e. The number of halogens is 1. The normalized spacial score (nSPS) is 10.9. The number of hydrogen-bond acceptors (Lipinski definition) is 5. The quantitative estimate of drug-likeness (QED) is 0.723. The van der Waals surface area contributed by atoms with E-state index in [0.29, 0.717) is 12.2 Å². The Morgan fingerprint density at radius 3 is 2.95 bits per heavy atom. The average Bonchev–Trinajstić information content (AvgIpc) is 2.92. The minimum atomic E-state index is -0.234. The van der Waals surface area contributed by atoms with Gasteiger partial charge in [-0.25, -0.2) is 4.39 Å². The van der Waals surface area contributed by atoms with E-state index in [1.54, 1.807) is 12.1 Å². The Balaban J connectivity index is 1.88. The standard InChI is InChI=1S/C13H13FN6/c1-2-19(9-10-4-3-5-11(14)8-10)13-7-6-12-15-17-18-20(12)16-13/h3-8H,2,9H2,1H3. The Bertz CT molecular complexity index is 725. The Morgan fingerprint density at radius 2 is 2.15 bits per heavy atom. The SMILES string of the molecule is CCN(Cc1cccc(F)c1)c1ccc2nnnn2n1. The fraction of sp³-hybridized carbons (Fsp3) is 0.231. The first-order valence-electron chi connectivity index (χ1n) is 6.31. The van der Waals surface area contributed by atoms with Crippen LogP contribution >= 0.6 is 0 Å². The maximum atomic E-state index is 13.2. The molecule has 0 saturated carbocycles. The van der Waals surface area contributed by atoms with Crippen LogP contribution in [0, 0.1) is 5.82 Å². The Kier molecular flexibility index (Phi) is 3.24. The van der Waals surface area contributed by atoms with Crippen molar-refractivity contribution in [1.82, 2.24) is 25.3 Å². The largest absolute Gasteiger partial charge is 0.351 e. The summed E-state index contributed by atoms with van der Waals surface area (Å²) in [5, 5.41) is 15.5. The summed E-state index contributed by atoms with van der Waals surface area (Å²) in [4.78, 5) is 2.02. The van der Waals surface area contributed by atoms with Gasteiger partial charge in [0.15, 0.2) is 11.5 Å². The van der Waals surface area contributed by atoms with Gasteiger partial charge >= 0.3 is 0 Å². The third-order valence-electron chi connectivity index (χ3n) is 3.02. The molecule has 0 unspecified atom stereocenters. The van der Waals surface area contributed by atoms with Gasteiger partial charge < -0.3 is 4.90 Å². The molecule has 0 radical (unpaired) electrons. The summed E-state index contributed by atoms with van der Waals surface area (Å²) in [6, 6.07) is 10.2. The molecule has 2 aromatic heterocycles. The molecule has 102 valence electrons. The minimum absolute atomic E-state index is 0.234. The van der Waals surface area contributed by atoms with Crippen molar-refractivity contribution in [3.05, 3.63) is 47.8 Å². The van der Waals surface area contributed by atoms with Crippen LogP contribution in [0.25, 0.3) is 5.65 Å². The summed E-state index contributed by atoms with van der Waals surface area (Å²) in [6.45, 7) is 3.34. The van der Waals surface area contributed by atoms with Crippen LogP contribution in [0.2, 0.25) is 0 Å². The van der Waals surface area contributed by atoms with Gasteiger partial charge in [0.2, 0.25) is 0 Å². The highest BCUT2D eigenvalue weighted by molar-refractivity contribution is 5.44. The lowest BCUT2D eigenvalue weighted by atomic mass is 10.2. The zero-order valence-corrected chi connectivity index (χ0v) is 10.9. The van der Waals surface area contributed by atoms with E-state index in [0.717, 1.165) is 17.9 Å². The van der Waals surface area contributed by atoms with Crippen LogP contribution in [0.1, 0.15) is 12.5 Å². The molecule has 6 nitrogen and oxygen atoms in total. The first-order chi connectivity index (χ1) is 9.76. The van der Waals surface area contributed by atoms with Crippen molar-refractivity contribution in [2.75, 3.05) is 11.4 Å². The van der Waals surface area contributed by atoms with E-state index in [9.17, 15) is 4.39 Å². The van der Waals surface area contributed by atoms with Crippen molar-refractivity contribution in [1.29, 1.82) is 0 Å². The van der Waals surface area contributed by atoms with E-state index < -0.39 is 0 Å². The van der Waals surface area contributed by atoms with Crippen molar-refractivity contribution in [3.63, 3.8) is 0 Å². The molecule has 0 amide bonds. The average molecular weight is 272 g/mol. The molecule has 0 saturated heterocycles. The summed E-state index contributed by atoms with van der Waals surface area (Å²) in [5.74, 6) is 0.513. The van der Waals surface area contributed by atoms with E-state index in [1.165, 1.54) is 16.8 Å². The minimum Gasteiger partial charge on any atom is -0.351 e.